The van der Waals surface area contributed by atoms with Gasteiger partial charge in [0.15, 0.2) is 0 Å². The second-order valence-electron chi connectivity index (χ2n) is 11.6. The summed E-state index contributed by atoms with van der Waals surface area (Å²) in [5.74, 6) is 5.61. The van der Waals surface area contributed by atoms with Gasteiger partial charge < -0.3 is 0 Å². The van der Waals surface area contributed by atoms with Gasteiger partial charge in [-0.25, -0.2) is 4.39 Å². The fraction of sp³-hybridized carbons (Fsp3) is 1.00. The van der Waals surface area contributed by atoms with Crippen LogP contribution in [-0.4, -0.2) is 6.17 Å². The van der Waals surface area contributed by atoms with Crippen LogP contribution >= 0.6 is 0 Å². The van der Waals surface area contributed by atoms with E-state index in [9.17, 15) is 4.39 Å². The predicted molar refractivity (Wildman–Crippen MR) is 131 cm³/mol. The molecule has 0 aromatic heterocycles. The van der Waals surface area contributed by atoms with Crippen molar-refractivity contribution in [1.82, 2.24) is 0 Å². The van der Waals surface area contributed by atoms with Crippen LogP contribution < -0.4 is 0 Å². The van der Waals surface area contributed by atoms with E-state index in [1.807, 2.05) is 0 Å². The summed E-state index contributed by atoms with van der Waals surface area (Å²) in [4.78, 5) is 0. The lowest BCUT2D eigenvalue weighted by atomic mass is 9.80. The van der Waals surface area contributed by atoms with Crippen molar-refractivity contribution in [3.63, 3.8) is 0 Å². The van der Waals surface area contributed by atoms with Crippen molar-refractivity contribution >= 4 is 0 Å². The van der Waals surface area contributed by atoms with Crippen molar-refractivity contribution in [2.75, 3.05) is 0 Å². The van der Waals surface area contributed by atoms with Gasteiger partial charge in [-0.05, 0) is 60.2 Å². The Balaban J connectivity index is 4.14. The standard InChI is InChI=1S/C28H57F/c1-11-22(5)23(6)15-13-21(4)18-28(29)19-27(10)26(9)17-16-25(8)24(7)14-12-20(2)3/h20-28H,11-19H2,1-10H3. The summed E-state index contributed by atoms with van der Waals surface area (Å²) >= 11 is 0. The van der Waals surface area contributed by atoms with Crippen LogP contribution in [0.1, 0.15) is 127 Å². The summed E-state index contributed by atoms with van der Waals surface area (Å²) in [6.07, 6.45) is 9.82. The van der Waals surface area contributed by atoms with Crippen LogP contribution in [0.3, 0.4) is 0 Å². The molecule has 0 aliphatic carbocycles. The normalized spacial score (nSPS) is 20.7. The molecule has 176 valence electrons. The lowest BCUT2D eigenvalue weighted by Gasteiger charge is -2.26. The zero-order chi connectivity index (χ0) is 22.6. The van der Waals surface area contributed by atoms with Gasteiger partial charge >= 0.3 is 0 Å². The highest BCUT2D eigenvalue weighted by Crippen LogP contribution is 2.31. The van der Waals surface area contributed by atoms with Crippen LogP contribution in [0.4, 0.5) is 4.39 Å². The Hall–Kier alpha value is -0.0700. The topological polar surface area (TPSA) is 0 Å². The van der Waals surface area contributed by atoms with Crippen molar-refractivity contribution in [2.45, 2.75) is 133 Å². The predicted octanol–water partition coefficient (Wildman–Crippen LogP) is 9.96. The minimum absolute atomic E-state index is 0.495. The molecular weight excluding hydrogens is 355 g/mol. The molecule has 0 spiro atoms. The first-order valence-corrected chi connectivity index (χ1v) is 13.1. The van der Waals surface area contributed by atoms with E-state index < -0.39 is 6.17 Å². The van der Waals surface area contributed by atoms with E-state index in [4.69, 9.17) is 0 Å². The fourth-order valence-electron chi connectivity index (χ4n) is 4.50. The molecule has 8 unspecified atom stereocenters. The minimum atomic E-state index is -0.622. The number of hydrogen-bond acceptors (Lipinski definition) is 0. The van der Waals surface area contributed by atoms with Crippen LogP contribution in [-0.2, 0) is 0 Å². The highest BCUT2D eigenvalue weighted by Gasteiger charge is 2.22. The van der Waals surface area contributed by atoms with Gasteiger partial charge in [0.2, 0.25) is 0 Å². The number of alkyl halides is 1. The number of rotatable bonds is 17. The molecule has 8 atom stereocenters. The van der Waals surface area contributed by atoms with E-state index in [1.54, 1.807) is 0 Å². The van der Waals surface area contributed by atoms with Gasteiger partial charge in [-0.3, -0.25) is 0 Å². The second-order valence-corrected chi connectivity index (χ2v) is 11.6. The summed E-state index contributed by atoms with van der Waals surface area (Å²) < 4.78 is 14.7. The van der Waals surface area contributed by atoms with Crippen LogP contribution in [0.5, 0.6) is 0 Å². The maximum Gasteiger partial charge on any atom is 0.101 e. The van der Waals surface area contributed by atoms with E-state index in [0.717, 1.165) is 42.4 Å². The maximum atomic E-state index is 14.7. The highest BCUT2D eigenvalue weighted by molar-refractivity contribution is 4.73. The Morgan fingerprint density at radius 3 is 1.38 bits per heavy atom. The molecule has 0 heterocycles. The Kier molecular flexibility index (Phi) is 15.7. The van der Waals surface area contributed by atoms with Crippen molar-refractivity contribution in [1.29, 1.82) is 0 Å². The Morgan fingerprint density at radius 2 is 0.897 bits per heavy atom. The largest absolute Gasteiger partial charge is 0.247 e. The molecule has 0 aromatic carbocycles. The average molecular weight is 413 g/mol. The maximum absolute atomic E-state index is 14.7. The number of hydrogen-bond donors (Lipinski definition) is 0. The molecule has 1 heteroatoms. The third-order valence-corrected chi connectivity index (χ3v) is 8.24. The molecule has 0 rings (SSSR count). The van der Waals surface area contributed by atoms with Crippen LogP contribution in [0.2, 0.25) is 0 Å². The highest BCUT2D eigenvalue weighted by atomic mass is 19.1. The molecule has 0 amide bonds. The van der Waals surface area contributed by atoms with Gasteiger partial charge in [0.05, 0.1) is 0 Å². The second kappa shape index (κ2) is 15.7. The summed E-state index contributed by atoms with van der Waals surface area (Å²) in [7, 11) is 0. The Bertz CT molecular complexity index is 377. The van der Waals surface area contributed by atoms with E-state index in [0.29, 0.717) is 17.8 Å². The van der Waals surface area contributed by atoms with Gasteiger partial charge in [0, 0.05) is 0 Å². The van der Waals surface area contributed by atoms with E-state index in [2.05, 4.69) is 69.2 Å². The third-order valence-electron chi connectivity index (χ3n) is 8.24. The molecule has 0 saturated carbocycles. The van der Waals surface area contributed by atoms with Gasteiger partial charge in [-0.15, -0.1) is 0 Å². The molecule has 0 fully saturated rings. The molecule has 0 radical (unpaired) electrons. The molecule has 0 nitrogen and oxygen atoms in total. The third kappa shape index (κ3) is 13.8. The van der Waals surface area contributed by atoms with Gasteiger partial charge in [-0.2, -0.15) is 0 Å². The molecule has 0 bridgehead atoms. The quantitative estimate of drug-likeness (QED) is 0.223. The van der Waals surface area contributed by atoms with E-state index in [1.165, 1.54) is 44.9 Å². The lowest BCUT2D eigenvalue weighted by molar-refractivity contribution is 0.187. The van der Waals surface area contributed by atoms with Crippen molar-refractivity contribution < 1.29 is 4.39 Å². The first-order chi connectivity index (χ1) is 13.5. The molecule has 29 heavy (non-hydrogen) atoms. The van der Waals surface area contributed by atoms with Crippen molar-refractivity contribution in [2.24, 2.45) is 47.3 Å². The van der Waals surface area contributed by atoms with Crippen LogP contribution in [0, 0.1) is 47.3 Å². The van der Waals surface area contributed by atoms with E-state index >= 15 is 0 Å². The van der Waals surface area contributed by atoms with Crippen LogP contribution in [0.25, 0.3) is 0 Å². The first kappa shape index (κ1) is 28.9. The van der Waals surface area contributed by atoms with Gasteiger partial charge in [0.1, 0.15) is 6.17 Å². The summed E-state index contributed by atoms with van der Waals surface area (Å²) in [5, 5.41) is 0. The lowest BCUT2D eigenvalue weighted by Crippen LogP contribution is -2.18. The SMILES string of the molecule is CCC(C)C(C)CCC(C)CC(F)CC(C)C(C)CCC(C)C(C)CCC(C)C. The van der Waals surface area contributed by atoms with Crippen molar-refractivity contribution in [3.05, 3.63) is 0 Å². The summed E-state index contributed by atoms with van der Waals surface area (Å²) in [6.45, 7) is 23.3. The molecule has 0 N–H and O–H groups in total. The Morgan fingerprint density at radius 1 is 0.483 bits per heavy atom. The molecule has 0 aliphatic heterocycles. The minimum Gasteiger partial charge on any atom is -0.247 e. The first-order valence-electron chi connectivity index (χ1n) is 13.1. The smallest absolute Gasteiger partial charge is 0.101 e. The van der Waals surface area contributed by atoms with E-state index in [-0.39, 0.29) is 0 Å². The van der Waals surface area contributed by atoms with Crippen molar-refractivity contribution in [3.8, 4) is 0 Å². The number of halogens is 1. The summed E-state index contributed by atoms with van der Waals surface area (Å²) in [6, 6.07) is 0. The average Bonchev–Trinajstić information content (AvgIpc) is 2.66. The van der Waals surface area contributed by atoms with Gasteiger partial charge in [0.25, 0.3) is 0 Å². The van der Waals surface area contributed by atoms with Gasteiger partial charge in [-0.1, -0.05) is 114 Å². The zero-order valence-corrected chi connectivity index (χ0v) is 21.9. The monoisotopic (exact) mass is 412 g/mol. The fourth-order valence-corrected chi connectivity index (χ4v) is 4.50. The zero-order valence-electron chi connectivity index (χ0n) is 21.9. The Labute approximate surface area is 185 Å². The molecule has 0 aromatic rings. The molecular formula is C28H57F. The summed E-state index contributed by atoms with van der Waals surface area (Å²) in [5.41, 5.74) is 0. The van der Waals surface area contributed by atoms with Crippen LogP contribution in [0.15, 0.2) is 0 Å². The molecule has 0 aliphatic rings. The molecule has 0 saturated heterocycles.